The van der Waals surface area contributed by atoms with E-state index in [1.54, 1.807) is 25.1 Å². The van der Waals surface area contributed by atoms with Crippen LogP contribution >= 0.6 is 0 Å². The number of nitrogens with one attached hydrogen (secondary N) is 1. The van der Waals surface area contributed by atoms with Gasteiger partial charge in [-0.2, -0.15) is 0 Å². The van der Waals surface area contributed by atoms with Crippen LogP contribution in [-0.2, 0) is 17.9 Å². The first-order valence-electron chi connectivity index (χ1n) is 6.41. The molecule has 0 unspecified atom stereocenters. The van der Waals surface area contributed by atoms with Crippen molar-refractivity contribution in [3.63, 3.8) is 0 Å². The Morgan fingerprint density at radius 3 is 2.95 bits per heavy atom. The van der Waals surface area contributed by atoms with Crippen molar-refractivity contribution in [2.45, 2.75) is 20.1 Å². The number of hydrogen-bond donors (Lipinski definition) is 3. The summed E-state index contributed by atoms with van der Waals surface area (Å²) in [5, 5.41) is 11.5. The van der Waals surface area contributed by atoms with Gasteiger partial charge in [0, 0.05) is 17.8 Å². The first-order chi connectivity index (χ1) is 10.1. The first kappa shape index (κ1) is 14.9. The number of aryl methyl sites for hydroxylation is 1. The fourth-order valence-corrected chi connectivity index (χ4v) is 1.86. The third-order valence-corrected chi connectivity index (χ3v) is 2.98. The highest BCUT2D eigenvalue weighted by Crippen LogP contribution is 2.27. The molecule has 0 bridgehead atoms. The summed E-state index contributed by atoms with van der Waals surface area (Å²) >= 11 is 0. The van der Waals surface area contributed by atoms with Crippen LogP contribution in [0.15, 0.2) is 29.0 Å². The highest BCUT2D eigenvalue weighted by atomic mass is 16.5. The standard InChI is InChI=1S/C14H17N3O4/c1-9-12(17-8-21-9)7-20-13-4-2-3-11(10(13)5-15)16-6-14(18)19/h2-4,8,16H,5-7,15H2,1H3,(H,18,19). The normalized spacial score (nSPS) is 10.4. The van der Waals surface area contributed by atoms with Gasteiger partial charge in [-0.25, -0.2) is 4.98 Å². The van der Waals surface area contributed by atoms with E-state index in [1.165, 1.54) is 6.39 Å². The van der Waals surface area contributed by atoms with Gasteiger partial charge in [-0.15, -0.1) is 0 Å². The van der Waals surface area contributed by atoms with Crippen LogP contribution in [0.4, 0.5) is 5.69 Å². The number of nitrogens with two attached hydrogens (primary N) is 1. The molecule has 0 radical (unpaired) electrons. The molecule has 0 fully saturated rings. The number of oxazole rings is 1. The molecule has 0 saturated carbocycles. The highest BCUT2D eigenvalue weighted by Gasteiger charge is 2.11. The van der Waals surface area contributed by atoms with Crippen LogP contribution in [0.2, 0.25) is 0 Å². The summed E-state index contributed by atoms with van der Waals surface area (Å²) in [5.41, 5.74) is 7.81. The van der Waals surface area contributed by atoms with Crippen LogP contribution in [0.1, 0.15) is 17.0 Å². The van der Waals surface area contributed by atoms with Crippen LogP contribution < -0.4 is 15.8 Å². The monoisotopic (exact) mass is 291 g/mol. The molecule has 0 atom stereocenters. The van der Waals surface area contributed by atoms with E-state index in [9.17, 15) is 4.79 Å². The molecular formula is C14H17N3O4. The van der Waals surface area contributed by atoms with E-state index in [0.29, 0.717) is 22.9 Å². The average molecular weight is 291 g/mol. The lowest BCUT2D eigenvalue weighted by atomic mass is 10.1. The molecule has 7 heteroatoms. The molecule has 7 nitrogen and oxygen atoms in total. The number of carboxylic acids is 1. The number of anilines is 1. The van der Waals surface area contributed by atoms with E-state index in [1.807, 2.05) is 0 Å². The van der Waals surface area contributed by atoms with Crippen molar-refractivity contribution >= 4 is 11.7 Å². The summed E-state index contributed by atoms with van der Waals surface area (Å²) < 4.78 is 10.8. The van der Waals surface area contributed by atoms with Crippen LogP contribution in [0, 0.1) is 6.92 Å². The van der Waals surface area contributed by atoms with Gasteiger partial charge in [0.25, 0.3) is 0 Å². The van der Waals surface area contributed by atoms with Crippen LogP contribution in [-0.4, -0.2) is 22.6 Å². The van der Waals surface area contributed by atoms with Crippen molar-refractivity contribution in [2.75, 3.05) is 11.9 Å². The zero-order chi connectivity index (χ0) is 15.2. The Hall–Kier alpha value is -2.54. The average Bonchev–Trinajstić information content (AvgIpc) is 2.88. The molecule has 2 rings (SSSR count). The fraction of sp³-hybridized carbons (Fsp3) is 0.286. The first-order valence-corrected chi connectivity index (χ1v) is 6.41. The Morgan fingerprint density at radius 1 is 1.52 bits per heavy atom. The molecule has 0 aliphatic carbocycles. The van der Waals surface area contributed by atoms with Gasteiger partial charge in [-0.05, 0) is 19.1 Å². The molecule has 2 aromatic rings. The van der Waals surface area contributed by atoms with Crippen molar-refractivity contribution < 1.29 is 19.1 Å². The van der Waals surface area contributed by atoms with E-state index < -0.39 is 5.97 Å². The predicted molar refractivity (Wildman–Crippen MR) is 76.0 cm³/mol. The lowest BCUT2D eigenvalue weighted by molar-refractivity contribution is -0.134. The second kappa shape index (κ2) is 6.76. The minimum atomic E-state index is -0.942. The number of ether oxygens (including phenoxy) is 1. The van der Waals surface area contributed by atoms with E-state index in [0.717, 1.165) is 5.56 Å². The smallest absolute Gasteiger partial charge is 0.322 e. The molecule has 21 heavy (non-hydrogen) atoms. The minimum absolute atomic E-state index is 0.182. The highest BCUT2D eigenvalue weighted by molar-refractivity contribution is 5.73. The van der Waals surface area contributed by atoms with Crippen molar-refractivity contribution in [3.8, 4) is 5.75 Å². The summed E-state index contributed by atoms with van der Waals surface area (Å²) in [4.78, 5) is 14.7. The van der Waals surface area contributed by atoms with E-state index >= 15 is 0 Å². The van der Waals surface area contributed by atoms with Gasteiger partial charge < -0.3 is 25.3 Å². The number of carbonyl (C=O) groups is 1. The number of hydrogen-bond acceptors (Lipinski definition) is 6. The Morgan fingerprint density at radius 2 is 2.33 bits per heavy atom. The van der Waals surface area contributed by atoms with Gasteiger partial charge in [0.15, 0.2) is 6.39 Å². The zero-order valence-corrected chi connectivity index (χ0v) is 11.6. The topological polar surface area (TPSA) is 111 Å². The molecule has 4 N–H and O–H groups in total. The molecule has 1 heterocycles. The Kier molecular flexibility index (Phi) is 4.78. The quantitative estimate of drug-likeness (QED) is 0.709. The Bertz CT molecular complexity index is 624. The molecule has 0 saturated heterocycles. The molecule has 0 spiro atoms. The SMILES string of the molecule is Cc1ocnc1COc1cccc(NCC(=O)O)c1CN. The fourth-order valence-electron chi connectivity index (χ4n) is 1.86. The van der Waals surface area contributed by atoms with E-state index in [-0.39, 0.29) is 19.7 Å². The summed E-state index contributed by atoms with van der Waals surface area (Å²) in [6.45, 7) is 2.12. The van der Waals surface area contributed by atoms with E-state index in [4.69, 9.17) is 20.0 Å². The lowest BCUT2D eigenvalue weighted by Crippen LogP contribution is -2.15. The maximum Gasteiger partial charge on any atom is 0.322 e. The molecular weight excluding hydrogens is 274 g/mol. The van der Waals surface area contributed by atoms with Crippen molar-refractivity contribution in [2.24, 2.45) is 5.73 Å². The summed E-state index contributed by atoms with van der Waals surface area (Å²) in [5.74, 6) is 0.349. The second-order valence-electron chi connectivity index (χ2n) is 4.38. The summed E-state index contributed by atoms with van der Waals surface area (Å²) in [6.07, 6.45) is 1.36. The molecule has 0 aliphatic heterocycles. The Balaban J connectivity index is 2.13. The van der Waals surface area contributed by atoms with Crippen molar-refractivity contribution in [1.29, 1.82) is 0 Å². The number of aliphatic carboxylic acids is 1. The van der Waals surface area contributed by atoms with Crippen LogP contribution in [0.3, 0.4) is 0 Å². The third kappa shape index (κ3) is 3.73. The number of aromatic nitrogens is 1. The molecule has 1 aromatic heterocycles. The van der Waals surface area contributed by atoms with Gasteiger partial charge in [-0.1, -0.05) is 6.07 Å². The van der Waals surface area contributed by atoms with Gasteiger partial charge in [0.1, 0.15) is 30.4 Å². The second-order valence-corrected chi connectivity index (χ2v) is 4.38. The van der Waals surface area contributed by atoms with Crippen LogP contribution in [0.5, 0.6) is 5.75 Å². The molecule has 0 amide bonds. The lowest BCUT2D eigenvalue weighted by Gasteiger charge is -2.14. The van der Waals surface area contributed by atoms with Crippen molar-refractivity contribution in [3.05, 3.63) is 41.6 Å². The zero-order valence-electron chi connectivity index (χ0n) is 11.6. The minimum Gasteiger partial charge on any atom is -0.487 e. The van der Waals surface area contributed by atoms with Gasteiger partial charge in [0.2, 0.25) is 0 Å². The number of rotatable bonds is 7. The van der Waals surface area contributed by atoms with Crippen LogP contribution in [0.25, 0.3) is 0 Å². The number of benzene rings is 1. The maximum absolute atomic E-state index is 10.6. The molecule has 1 aromatic carbocycles. The van der Waals surface area contributed by atoms with Gasteiger partial charge in [0.05, 0.1) is 0 Å². The largest absolute Gasteiger partial charge is 0.487 e. The van der Waals surface area contributed by atoms with Gasteiger partial charge in [-0.3, -0.25) is 4.79 Å². The van der Waals surface area contributed by atoms with Gasteiger partial charge >= 0.3 is 5.97 Å². The molecule has 0 aliphatic rings. The van der Waals surface area contributed by atoms with E-state index in [2.05, 4.69) is 10.3 Å². The maximum atomic E-state index is 10.6. The third-order valence-electron chi connectivity index (χ3n) is 2.98. The van der Waals surface area contributed by atoms with Crippen molar-refractivity contribution in [1.82, 2.24) is 4.98 Å². The predicted octanol–water partition coefficient (Wildman–Crippen LogP) is 1.52. The number of nitrogens with zero attached hydrogens (tertiary/aromatic N) is 1. The number of carboxylic acid groups (broad SMARTS) is 1. The molecule has 112 valence electrons. The summed E-state index contributed by atoms with van der Waals surface area (Å²) in [7, 11) is 0. The summed E-state index contributed by atoms with van der Waals surface area (Å²) in [6, 6.07) is 5.32. The Labute approximate surface area is 121 Å².